The van der Waals surface area contributed by atoms with Gasteiger partial charge in [-0.05, 0) is 49.5 Å². The van der Waals surface area contributed by atoms with Crippen molar-refractivity contribution in [3.05, 3.63) is 65.8 Å². The molecule has 0 bridgehead atoms. The summed E-state index contributed by atoms with van der Waals surface area (Å²) in [6.45, 7) is 4.97. The molecule has 2 fully saturated rings. The highest BCUT2D eigenvalue weighted by molar-refractivity contribution is 6.36. The molecule has 2 atom stereocenters. The SMILES string of the molecule is C=C(F)C(=O)N1CCN(c2nc(OCC3CCCN3C)nc3cc(-c4cccc5cccc(Cl)c45)c(F)nc23)C[C@@H]1CC#N. The number of likely N-dealkylation sites (N-methyl/N-ethyl adjacent to an activating group) is 1. The number of nitriles is 1. The van der Waals surface area contributed by atoms with Crippen molar-refractivity contribution in [2.45, 2.75) is 31.3 Å². The van der Waals surface area contributed by atoms with Gasteiger partial charge < -0.3 is 19.4 Å². The third kappa shape index (κ3) is 5.63. The quantitative estimate of drug-likeness (QED) is 0.197. The van der Waals surface area contributed by atoms with Crippen LogP contribution in [-0.4, -0.2) is 82.6 Å². The predicted molar refractivity (Wildman–Crippen MR) is 165 cm³/mol. The first-order valence-corrected chi connectivity index (χ1v) is 14.8. The number of rotatable bonds is 7. The van der Waals surface area contributed by atoms with Crippen molar-refractivity contribution in [2.75, 3.05) is 44.7 Å². The number of benzene rings is 2. The Balaban J connectivity index is 1.45. The van der Waals surface area contributed by atoms with E-state index in [0.29, 0.717) is 33.9 Å². The van der Waals surface area contributed by atoms with Crippen LogP contribution in [0.3, 0.4) is 0 Å². The molecular formula is C32H30ClF2N7O2. The van der Waals surface area contributed by atoms with Gasteiger partial charge in [0, 0.05) is 41.6 Å². The minimum absolute atomic E-state index is 0.0380. The highest BCUT2D eigenvalue weighted by Crippen LogP contribution is 2.37. The van der Waals surface area contributed by atoms with Crippen molar-refractivity contribution in [1.82, 2.24) is 24.8 Å². The van der Waals surface area contributed by atoms with Crippen LogP contribution in [0.2, 0.25) is 5.02 Å². The van der Waals surface area contributed by atoms with E-state index < -0.39 is 23.7 Å². The first-order valence-electron chi connectivity index (χ1n) is 14.4. The van der Waals surface area contributed by atoms with Gasteiger partial charge in [-0.1, -0.05) is 48.5 Å². The van der Waals surface area contributed by atoms with E-state index in [2.05, 4.69) is 32.5 Å². The number of carbonyl (C=O) groups is 1. The zero-order valence-electron chi connectivity index (χ0n) is 24.1. The summed E-state index contributed by atoms with van der Waals surface area (Å²) in [4.78, 5) is 31.5. The molecule has 1 unspecified atom stereocenters. The van der Waals surface area contributed by atoms with Crippen LogP contribution in [0.1, 0.15) is 19.3 Å². The monoisotopic (exact) mass is 617 g/mol. The molecule has 2 aromatic carbocycles. The molecule has 2 saturated heterocycles. The van der Waals surface area contributed by atoms with Gasteiger partial charge in [0.05, 0.1) is 24.0 Å². The number of ether oxygens (including phenoxy) is 1. The van der Waals surface area contributed by atoms with Gasteiger partial charge in [0.25, 0.3) is 5.91 Å². The molecule has 0 aliphatic carbocycles. The summed E-state index contributed by atoms with van der Waals surface area (Å²) in [5.41, 5.74) is 1.36. The second kappa shape index (κ2) is 12.3. The van der Waals surface area contributed by atoms with Gasteiger partial charge in [0.2, 0.25) is 5.95 Å². The van der Waals surface area contributed by atoms with E-state index >= 15 is 4.39 Å². The molecule has 2 aromatic heterocycles. The first kappa shape index (κ1) is 29.7. The molecule has 4 heterocycles. The van der Waals surface area contributed by atoms with Gasteiger partial charge in [-0.25, -0.2) is 9.37 Å². The third-order valence-corrected chi connectivity index (χ3v) is 8.72. The summed E-state index contributed by atoms with van der Waals surface area (Å²) in [7, 11) is 2.05. The second-order valence-electron chi connectivity index (χ2n) is 11.1. The maximum absolute atomic E-state index is 15.9. The Hall–Kier alpha value is -4.40. The zero-order chi connectivity index (χ0) is 31.0. The van der Waals surface area contributed by atoms with Gasteiger partial charge in [-0.3, -0.25) is 4.79 Å². The number of fused-ring (bicyclic) bond motifs is 2. The van der Waals surface area contributed by atoms with Gasteiger partial charge >= 0.3 is 6.01 Å². The average Bonchev–Trinajstić information content (AvgIpc) is 3.43. The lowest BCUT2D eigenvalue weighted by Gasteiger charge is -2.41. The van der Waals surface area contributed by atoms with Crippen LogP contribution in [-0.2, 0) is 4.79 Å². The number of halogens is 3. The smallest absolute Gasteiger partial charge is 0.319 e. The molecule has 226 valence electrons. The highest BCUT2D eigenvalue weighted by Gasteiger charge is 2.34. The van der Waals surface area contributed by atoms with Crippen LogP contribution in [0.25, 0.3) is 32.9 Å². The summed E-state index contributed by atoms with van der Waals surface area (Å²) in [5.74, 6) is -2.37. The largest absolute Gasteiger partial charge is 0.462 e. The lowest BCUT2D eigenvalue weighted by Crippen LogP contribution is -2.55. The van der Waals surface area contributed by atoms with Crippen LogP contribution < -0.4 is 9.64 Å². The van der Waals surface area contributed by atoms with Crippen LogP contribution in [0, 0.1) is 17.3 Å². The Morgan fingerprint density at radius 3 is 2.66 bits per heavy atom. The molecule has 12 heteroatoms. The number of likely N-dealkylation sites (tertiary alicyclic amines) is 1. The fraction of sp³-hybridized carbons (Fsp3) is 0.344. The summed E-state index contributed by atoms with van der Waals surface area (Å²) in [6.07, 6.45) is 2.02. The highest BCUT2D eigenvalue weighted by atomic mass is 35.5. The number of nitrogens with zero attached hydrogens (tertiary/aromatic N) is 7. The fourth-order valence-electron chi connectivity index (χ4n) is 6.11. The Bertz CT molecular complexity index is 1810. The third-order valence-electron chi connectivity index (χ3n) is 8.41. The van der Waals surface area contributed by atoms with E-state index in [4.69, 9.17) is 16.3 Å². The lowest BCUT2D eigenvalue weighted by atomic mass is 9.98. The number of hydrogen-bond donors (Lipinski definition) is 0. The van der Waals surface area contributed by atoms with Crippen molar-refractivity contribution in [3.63, 3.8) is 0 Å². The number of hydrogen-bond acceptors (Lipinski definition) is 8. The van der Waals surface area contributed by atoms with Crippen LogP contribution in [0.15, 0.2) is 54.9 Å². The van der Waals surface area contributed by atoms with Gasteiger partial charge in [0.15, 0.2) is 11.6 Å². The normalized spacial score (nSPS) is 19.0. The summed E-state index contributed by atoms with van der Waals surface area (Å²) < 4.78 is 35.8. The molecule has 0 N–H and O–H groups in total. The minimum Gasteiger partial charge on any atom is -0.462 e. The van der Waals surface area contributed by atoms with Crippen molar-refractivity contribution in [2.24, 2.45) is 0 Å². The van der Waals surface area contributed by atoms with Gasteiger partial charge in [-0.2, -0.15) is 19.6 Å². The summed E-state index contributed by atoms with van der Waals surface area (Å²) in [5, 5.41) is 11.5. The number of anilines is 1. The molecule has 44 heavy (non-hydrogen) atoms. The molecule has 6 rings (SSSR count). The molecule has 0 saturated carbocycles. The minimum atomic E-state index is -1.09. The van der Waals surface area contributed by atoms with E-state index in [9.17, 15) is 14.4 Å². The van der Waals surface area contributed by atoms with Crippen molar-refractivity contribution < 1.29 is 18.3 Å². The standard InChI is InChI=1S/C32H30ClF2N7O2/c1-19(34)31(43)42-15-14-41(17-21(42)11-12-36)30-28-26(37-32(39-30)44-18-22-8-5-13-40(22)2)16-24(29(35)38-28)23-9-3-6-20-7-4-10-25(33)27(20)23/h3-4,6-7,9-10,16,21-22H,1,5,8,11,13-15,17-18H2,2H3/t21-,22?/m0/s1. The Morgan fingerprint density at radius 1 is 1.14 bits per heavy atom. The number of pyridine rings is 1. The zero-order valence-corrected chi connectivity index (χ0v) is 24.9. The fourth-order valence-corrected chi connectivity index (χ4v) is 6.39. The maximum atomic E-state index is 15.9. The average molecular weight is 618 g/mol. The molecule has 1 amide bonds. The Kier molecular flexibility index (Phi) is 8.29. The van der Waals surface area contributed by atoms with Gasteiger partial charge in [-0.15, -0.1) is 0 Å². The number of piperazine rings is 1. The summed E-state index contributed by atoms with van der Waals surface area (Å²) in [6, 6.07) is 14.4. The van der Waals surface area contributed by atoms with E-state index in [1.807, 2.05) is 36.2 Å². The van der Waals surface area contributed by atoms with E-state index in [-0.39, 0.29) is 49.2 Å². The molecule has 4 aromatic rings. The van der Waals surface area contributed by atoms with Crippen molar-refractivity contribution in [3.8, 4) is 23.2 Å². The topological polar surface area (TPSA) is 98.5 Å². The van der Waals surface area contributed by atoms with E-state index in [0.717, 1.165) is 24.8 Å². The van der Waals surface area contributed by atoms with Crippen LogP contribution in [0.4, 0.5) is 14.6 Å². The maximum Gasteiger partial charge on any atom is 0.319 e. The molecule has 0 spiro atoms. The van der Waals surface area contributed by atoms with Crippen LogP contribution in [0.5, 0.6) is 6.01 Å². The molecule has 2 aliphatic heterocycles. The lowest BCUT2D eigenvalue weighted by molar-refractivity contribution is -0.131. The number of aromatic nitrogens is 3. The Labute approximate surface area is 258 Å². The molecule has 9 nitrogen and oxygen atoms in total. The Morgan fingerprint density at radius 2 is 1.93 bits per heavy atom. The molecule has 2 aliphatic rings. The van der Waals surface area contributed by atoms with Crippen LogP contribution >= 0.6 is 11.6 Å². The summed E-state index contributed by atoms with van der Waals surface area (Å²) >= 11 is 6.56. The number of amides is 1. The van der Waals surface area contributed by atoms with Gasteiger partial charge in [0.1, 0.15) is 12.1 Å². The van der Waals surface area contributed by atoms with E-state index in [1.165, 1.54) is 4.90 Å². The predicted octanol–water partition coefficient (Wildman–Crippen LogP) is 5.52. The first-order chi connectivity index (χ1) is 21.2. The molecule has 0 radical (unpaired) electrons. The van der Waals surface area contributed by atoms with E-state index in [1.54, 1.807) is 18.2 Å². The van der Waals surface area contributed by atoms with Crippen molar-refractivity contribution in [1.29, 1.82) is 5.26 Å². The number of carbonyl (C=O) groups excluding carboxylic acids is 1. The van der Waals surface area contributed by atoms with Crippen molar-refractivity contribution >= 4 is 45.1 Å². The second-order valence-corrected chi connectivity index (χ2v) is 11.5. The molecular weight excluding hydrogens is 588 g/mol.